The number of benzene rings is 2. The molecule has 1 N–H and O–H groups in total. The van der Waals surface area contributed by atoms with Gasteiger partial charge in [-0.1, -0.05) is 25.1 Å². The number of aryl methyl sites for hydroxylation is 1. The van der Waals surface area contributed by atoms with Crippen LogP contribution in [-0.2, 0) is 0 Å². The minimum Gasteiger partial charge on any atom is -0.306 e. The minimum atomic E-state index is -0.509. The Hall–Kier alpha value is -1.01. The predicted octanol–water partition coefficient (Wildman–Crippen LogP) is 4.97. The molecule has 0 aliphatic carbocycles. The van der Waals surface area contributed by atoms with Crippen LogP contribution in [0.4, 0.5) is 8.78 Å². The van der Waals surface area contributed by atoms with E-state index < -0.39 is 17.7 Å². The van der Waals surface area contributed by atoms with E-state index in [-0.39, 0.29) is 5.56 Å². The number of nitrogens with one attached hydrogen (secondary N) is 1. The third-order valence-electron chi connectivity index (χ3n) is 3.39. The van der Waals surface area contributed by atoms with E-state index in [9.17, 15) is 8.78 Å². The summed E-state index contributed by atoms with van der Waals surface area (Å²) in [6.07, 6.45) is 0.898. The zero-order valence-corrected chi connectivity index (χ0v) is 14.2. The van der Waals surface area contributed by atoms with Gasteiger partial charge >= 0.3 is 0 Å². The SMILES string of the molecule is CCCNC(c1cccc(I)c1)c1c(F)ccc(C)c1F. The van der Waals surface area contributed by atoms with Gasteiger partial charge in [0.15, 0.2) is 0 Å². The fourth-order valence-electron chi connectivity index (χ4n) is 2.30. The molecular formula is C17H18F2IN. The molecular weight excluding hydrogens is 383 g/mol. The lowest BCUT2D eigenvalue weighted by Gasteiger charge is -2.21. The Morgan fingerprint density at radius 1 is 1.19 bits per heavy atom. The summed E-state index contributed by atoms with van der Waals surface area (Å²) < 4.78 is 29.7. The van der Waals surface area contributed by atoms with E-state index >= 15 is 0 Å². The van der Waals surface area contributed by atoms with E-state index in [1.165, 1.54) is 12.1 Å². The van der Waals surface area contributed by atoms with E-state index in [2.05, 4.69) is 27.9 Å². The van der Waals surface area contributed by atoms with Gasteiger partial charge in [0, 0.05) is 9.13 Å². The van der Waals surface area contributed by atoms with Crippen molar-refractivity contribution in [3.8, 4) is 0 Å². The van der Waals surface area contributed by atoms with E-state index in [4.69, 9.17) is 0 Å². The molecule has 2 aromatic rings. The van der Waals surface area contributed by atoms with Crippen molar-refractivity contribution < 1.29 is 8.78 Å². The van der Waals surface area contributed by atoms with Crippen molar-refractivity contribution in [2.75, 3.05) is 6.54 Å². The van der Waals surface area contributed by atoms with Gasteiger partial charge in [-0.25, -0.2) is 8.78 Å². The van der Waals surface area contributed by atoms with Gasteiger partial charge in [0.25, 0.3) is 0 Å². The maximum Gasteiger partial charge on any atom is 0.134 e. The molecule has 0 amide bonds. The fraction of sp³-hybridized carbons (Fsp3) is 0.294. The van der Waals surface area contributed by atoms with E-state index in [1.54, 1.807) is 6.92 Å². The smallest absolute Gasteiger partial charge is 0.134 e. The summed E-state index contributed by atoms with van der Waals surface area (Å²) in [5.74, 6) is -0.979. The summed E-state index contributed by atoms with van der Waals surface area (Å²) >= 11 is 2.20. The molecule has 0 spiro atoms. The van der Waals surface area contributed by atoms with Crippen LogP contribution in [0.5, 0.6) is 0 Å². The number of rotatable bonds is 5. The molecule has 1 atom stereocenters. The summed E-state index contributed by atoms with van der Waals surface area (Å²) in [7, 11) is 0. The molecule has 2 rings (SSSR count). The third kappa shape index (κ3) is 3.80. The highest BCUT2D eigenvalue weighted by Gasteiger charge is 2.22. The summed E-state index contributed by atoms with van der Waals surface area (Å²) in [5.41, 5.74) is 1.43. The summed E-state index contributed by atoms with van der Waals surface area (Å²) in [6.45, 7) is 4.38. The Labute approximate surface area is 137 Å². The molecule has 0 radical (unpaired) electrons. The lowest BCUT2D eigenvalue weighted by atomic mass is 9.96. The first-order chi connectivity index (χ1) is 10.0. The highest BCUT2D eigenvalue weighted by molar-refractivity contribution is 14.1. The highest BCUT2D eigenvalue weighted by atomic mass is 127. The van der Waals surface area contributed by atoms with Gasteiger partial charge in [0.2, 0.25) is 0 Å². The number of hydrogen-bond donors (Lipinski definition) is 1. The molecule has 0 heterocycles. The lowest BCUT2D eigenvalue weighted by Crippen LogP contribution is -2.25. The predicted molar refractivity (Wildman–Crippen MR) is 90.4 cm³/mol. The Kier molecular flexibility index (Phi) is 5.70. The van der Waals surface area contributed by atoms with Gasteiger partial charge in [0.1, 0.15) is 11.6 Å². The van der Waals surface area contributed by atoms with Gasteiger partial charge < -0.3 is 5.32 Å². The van der Waals surface area contributed by atoms with Crippen LogP contribution in [0.25, 0.3) is 0 Å². The first-order valence-electron chi connectivity index (χ1n) is 6.98. The van der Waals surface area contributed by atoms with E-state index in [1.807, 2.05) is 31.2 Å². The Bertz CT molecular complexity index is 628. The summed E-state index contributed by atoms with van der Waals surface area (Å²) in [6, 6.07) is 10.1. The van der Waals surface area contributed by atoms with Crippen LogP contribution in [0.3, 0.4) is 0 Å². The third-order valence-corrected chi connectivity index (χ3v) is 4.06. The molecule has 4 heteroatoms. The van der Waals surface area contributed by atoms with Crippen molar-refractivity contribution in [1.82, 2.24) is 5.32 Å². The average molecular weight is 401 g/mol. The van der Waals surface area contributed by atoms with Gasteiger partial charge in [-0.15, -0.1) is 0 Å². The first kappa shape index (κ1) is 16.4. The summed E-state index contributed by atoms with van der Waals surface area (Å²) in [4.78, 5) is 0. The van der Waals surface area contributed by atoms with E-state index in [0.29, 0.717) is 12.1 Å². The maximum absolute atomic E-state index is 14.4. The molecule has 0 aromatic heterocycles. The Morgan fingerprint density at radius 2 is 1.95 bits per heavy atom. The first-order valence-corrected chi connectivity index (χ1v) is 8.05. The molecule has 0 saturated heterocycles. The van der Waals surface area contributed by atoms with Crippen LogP contribution in [0, 0.1) is 22.1 Å². The van der Waals surface area contributed by atoms with Crippen LogP contribution in [0.2, 0.25) is 0 Å². The molecule has 21 heavy (non-hydrogen) atoms. The topological polar surface area (TPSA) is 12.0 Å². The van der Waals surface area contributed by atoms with Gasteiger partial charge in [0.05, 0.1) is 6.04 Å². The standard InChI is InChI=1S/C17H18F2IN/c1-3-9-21-17(12-5-4-6-13(20)10-12)15-14(18)8-7-11(2)16(15)19/h4-8,10,17,21H,3,9H2,1-2H3. The van der Waals surface area contributed by atoms with Crippen molar-refractivity contribution >= 4 is 22.6 Å². The number of hydrogen-bond acceptors (Lipinski definition) is 1. The van der Waals surface area contributed by atoms with Crippen molar-refractivity contribution in [2.45, 2.75) is 26.3 Å². The zero-order valence-electron chi connectivity index (χ0n) is 12.1. The average Bonchev–Trinajstić information content (AvgIpc) is 2.46. The largest absolute Gasteiger partial charge is 0.306 e. The van der Waals surface area contributed by atoms with Crippen LogP contribution in [0.15, 0.2) is 36.4 Å². The minimum absolute atomic E-state index is 0.102. The van der Waals surface area contributed by atoms with Gasteiger partial charge in [-0.05, 0) is 71.8 Å². The van der Waals surface area contributed by atoms with Crippen LogP contribution in [0.1, 0.15) is 36.1 Å². The second-order valence-corrected chi connectivity index (χ2v) is 6.28. The van der Waals surface area contributed by atoms with Crippen molar-refractivity contribution in [3.05, 3.63) is 68.3 Å². The quantitative estimate of drug-likeness (QED) is 0.698. The zero-order chi connectivity index (χ0) is 15.4. The van der Waals surface area contributed by atoms with Crippen LogP contribution >= 0.6 is 22.6 Å². The maximum atomic E-state index is 14.4. The molecule has 112 valence electrons. The van der Waals surface area contributed by atoms with Crippen LogP contribution < -0.4 is 5.32 Å². The number of halogens is 3. The molecule has 0 bridgehead atoms. The fourth-order valence-corrected chi connectivity index (χ4v) is 2.87. The highest BCUT2D eigenvalue weighted by Crippen LogP contribution is 2.29. The van der Waals surface area contributed by atoms with Gasteiger partial charge in [-0.2, -0.15) is 0 Å². The normalized spacial score (nSPS) is 12.4. The monoisotopic (exact) mass is 401 g/mol. The van der Waals surface area contributed by atoms with Crippen molar-refractivity contribution in [3.63, 3.8) is 0 Å². The van der Waals surface area contributed by atoms with E-state index in [0.717, 1.165) is 15.6 Å². The molecule has 0 aliphatic heterocycles. The molecule has 0 aliphatic rings. The molecule has 1 nitrogen and oxygen atoms in total. The second-order valence-electron chi connectivity index (χ2n) is 5.03. The molecule has 0 fully saturated rings. The summed E-state index contributed by atoms with van der Waals surface area (Å²) in [5, 5.41) is 3.25. The molecule has 2 aromatic carbocycles. The lowest BCUT2D eigenvalue weighted by molar-refractivity contribution is 0.499. The molecule has 1 unspecified atom stereocenters. The van der Waals surface area contributed by atoms with Crippen molar-refractivity contribution in [2.24, 2.45) is 0 Å². The van der Waals surface area contributed by atoms with Crippen LogP contribution in [-0.4, -0.2) is 6.54 Å². The second kappa shape index (κ2) is 7.31. The molecule has 0 saturated carbocycles. The van der Waals surface area contributed by atoms with Crippen molar-refractivity contribution in [1.29, 1.82) is 0 Å². The van der Waals surface area contributed by atoms with Gasteiger partial charge in [-0.3, -0.25) is 0 Å². The Balaban J connectivity index is 2.53. The Morgan fingerprint density at radius 3 is 2.62 bits per heavy atom.